The maximum absolute atomic E-state index is 13.3. The summed E-state index contributed by atoms with van der Waals surface area (Å²) in [5.74, 6) is -0.449. The SMILES string of the molecule is CC(C)NC(=O)Cn1nc2n(C(C)C)c(=O)c3ccc(C(=O)NC4CCCC4)cc3n2c1=O. The molecular formula is C23H30N6O4. The smallest absolute Gasteiger partial charge is 0.352 e. The van der Waals surface area contributed by atoms with Crippen molar-refractivity contribution in [3.05, 3.63) is 44.6 Å². The number of carbonyl (C=O) groups is 2. The van der Waals surface area contributed by atoms with Crippen molar-refractivity contribution in [1.82, 2.24) is 29.4 Å². The van der Waals surface area contributed by atoms with Gasteiger partial charge in [0, 0.05) is 23.7 Å². The van der Waals surface area contributed by atoms with Crippen LogP contribution in [-0.2, 0) is 11.3 Å². The first kappa shape index (κ1) is 22.8. The summed E-state index contributed by atoms with van der Waals surface area (Å²) in [6, 6.07) is 4.54. The third-order valence-electron chi connectivity index (χ3n) is 5.94. The molecule has 3 aromatic rings. The monoisotopic (exact) mass is 454 g/mol. The van der Waals surface area contributed by atoms with Gasteiger partial charge in [0.15, 0.2) is 0 Å². The van der Waals surface area contributed by atoms with Crippen molar-refractivity contribution in [2.75, 3.05) is 0 Å². The van der Waals surface area contributed by atoms with Crippen LogP contribution in [0.25, 0.3) is 16.7 Å². The van der Waals surface area contributed by atoms with Gasteiger partial charge in [0.1, 0.15) is 6.54 Å². The fourth-order valence-corrected chi connectivity index (χ4v) is 4.43. The Labute approximate surface area is 190 Å². The number of aromatic nitrogens is 4. The Morgan fingerprint density at radius 3 is 2.45 bits per heavy atom. The van der Waals surface area contributed by atoms with E-state index in [2.05, 4.69) is 15.7 Å². The third-order valence-corrected chi connectivity index (χ3v) is 5.94. The quantitative estimate of drug-likeness (QED) is 0.586. The molecule has 10 heteroatoms. The molecule has 0 bridgehead atoms. The lowest BCUT2D eigenvalue weighted by atomic mass is 10.1. The number of benzene rings is 1. The maximum Gasteiger partial charge on any atom is 0.352 e. The minimum absolute atomic E-state index is 0.0825. The fraction of sp³-hybridized carbons (Fsp3) is 0.522. The van der Waals surface area contributed by atoms with E-state index in [0.29, 0.717) is 16.5 Å². The fourth-order valence-electron chi connectivity index (χ4n) is 4.43. The van der Waals surface area contributed by atoms with Gasteiger partial charge in [0.2, 0.25) is 11.7 Å². The molecule has 1 aliphatic rings. The number of fused-ring (bicyclic) bond motifs is 3. The lowest BCUT2D eigenvalue weighted by Gasteiger charge is -2.14. The molecule has 0 spiro atoms. The van der Waals surface area contributed by atoms with Gasteiger partial charge in [-0.25, -0.2) is 13.9 Å². The summed E-state index contributed by atoms with van der Waals surface area (Å²) < 4.78 is 3.79. The Bertz CT molecular complexity index is 1340. The highest BCUT2D eigenvalue weighted by Gasteiger charge is 2.22. The van der Waals surface area contributed by atoms with Crippen molar-refractivity contribution in [1.29, 1.82) is 0 Å². The van der Waals surface area contributed by atoms with E-state index in [1.54, 1.807) is 18.2 Å². The predicted octanol–water partition coefficient (Wildman–Crippen LogP) is 1.59. The highest BCUT2D eigenvalue weighted by atomic mass is 16.2. The number of hydrogen-bond acceptors (Lipinski definition) is 5. The Morgan fingerprint density at radius 2 is 1.82 bits per heavy atom. The van der Waals surface area contributed by atoms with Gasteiger partial charge in [0.05, 0.1) is 10.9 Å². The van der Waals surface area contributed by atoms with E-state index in [1.165, 1.54) is 8.97 Å². The molecule has 10 nitrogen and oxygen atoms in total. The van der Waals surface area contributed by atoms with Crippen molar-refractivity contribution in [2.45, 2.75) is 78.0 Å². The summed E-state index contributed by atoms with van der Waals surface area (Å²) in [5, 5.41) is 10.4. The van der Waals surface area contributed by atoms with Crippen molar-refractivity contribution < 1.29 is 9.59 Å². The average molecular weight is 455 g/mol. The van der Waals surface area contributed by atoms with Gasteiger partial charge < -0.3 is 10.6 Å². The van der Waals surface area contributed by atoms with E-state index in [0.717, 1.165) is 30.4 Å². The summed E-state index contributed by atoms with van der Waals surface area (Å²) in [6.07, 6.45) is 4.09. The highest BCUT2D eigenvalue weighted by Crippen LogP contribution is 2.20. The summed E-state index contributed by atoms with van der Waals surface area (Å²) in [5.41, 5.74) is -0.184. The number of rotatable bonds is 6. The Kier molecular flexibility index (Phi) is 6.09. The molecule has 0 atom stereocenters. The molecule has 0 saturated heterocycles. The van der Waals surface area contributed by atoms with Crippen LogP contribution in [-0.4, -0.2) is 42.6 Å². The van der Waals surface area contributed by atoms with Crippen molar-refractivity contribution >= 4 is 28.5 Å². The molecule has 1 aliphatic carbocycles. The van der Waals surface area contributed by atoms with E-state index in [4.69, 9.17) is 0 Å². The van der Waals surface area contributed by atoms with Crippen LogP contribution >= 0.6 is 0 Å². The molecule has 4 rings (SSSR count). The molecule has 0 aliphatic heterocycles. The van der Waals surface area contributed by atoms with E-state index in [9.17, 15) is 19.2 Å². The molecule has 33 heavy (non-hydrogen) atoms. The number of carbonyl (C=O) groups excluding carboxylic acids is 2. The van der Waals surface area contributed by atoms with Crippen LogP contribution in [0.15, 0.2) is 27.8 Å². The minimum atomic E-state index is -0.545. The zero-order valence-electron chi connectivity index (χ0n) is 19.4. The number of nitrogens with one attached hydrogen (secondary N) is 2. The summed E-state index contributed by atoms with van der Waals surface area (Å²) in [6.45, 7) is 7.03. The van der Waals surface area contributed by atoms with Gasteiger partial charge in [-0.1, -0.05) is 12.8 Å². The van der Waals surface area contributed by atoms with Gasteiger partial charge in [-0.05, 0) is 58.7 Å². The Hall–Kier alpha value is -3.43. The van der Waals surface area contributed by atoms with Gasteiger partial charge in [0.25, 0.3) is 11.5 Å². The van der Waals surface area contributed by atoms with Crippen LogP contribution in [0, 0.1) is 0 Å². The summed E-state index contributed by atoms with van der Waals surface area (Å²) >= 11 is 0. The molecule has 2 aromatic heterocycles. The summed E-state index contributed by atoms with van der Waals surface area (Å²) in [7, 11) is 0. The van der Waals surface area contributed by atoms with Crippen LogP contribution in [0.5, 0.6) is 0 Å². The van der Waals surface area contributed by atoms with Gasteiger partial charge in [-0.2, -0.15) is 0 Å². The van der Waals surface area contributed by atoms with E-state index >= 15 is 0 Å². The topological polar surface area (TPSA) is 120 Å². The molecule has 2 N–H and O–H groups in total. The minimum Gasteiger partial charge on any atom is -0.352 e. The van der Waals surface area contributed by atoms with Gasteiger partial charge in [-0.15, -0.1) is 5.10 Å². The van der Waals surface area contributed by atoms with Crippen LogP contribution in [0.1, 0.15) is 69.8 Å². The average Bonchev–Trinajstić information content (AvgIpc) is 3.35. The number of amides is 2. The molecule has 176 valence electrons. The summed E-state index contributed by atoms with van der Waals surface area (Å²) in [4.78, 5) is 51.6. The van der Waals surface area contributed by atoms with Crippen LogP contribution in [0.2, 0.25) is 0 Å². The first-order chi connectivity index (χ1) is 15.7. The van der Waals surface area contributed by atoms with Crippen molar-refractivity contribution in [3.8, 4) is 0 Å². The van der Waals surface area contributed by atoms with Gasteiger partial charge in [-0.3, -0.25) is 19.0 Å². The molecule has 0 radical (unpaired) electrons. The standard InChI is InChI=1S/C23H30N6O4/c1-13(2)24-19(30)12-27-23(33)29-18-11-15(20(31)25-16-7-5-6-8-16)9-10-17(18)21(32)28(14(3)4)22(29)26-27/h9-11,13-14,16H,5-8,12H2,1-4H3,(H,24,30)(H,25,31). The van der Waals surface area contributed by atoms with Crippen molar-refractivity contribution in [3.63, 3.8) is 0 Å². The molecule has 1 fully saturated rings. The molecule has 2 heterocycles. The maximum atomic E-state index is 13.3. The zero-order chi connectivity index (χ0) is 23.9. The first-order valence-electron chi connectivity index (χ1n) is 11.5. The van der Waals surface area contributed by atoms with Crippen LogP contribution in [0.4, 0.5) is 0 Å². The lowest BCUT2D eigenvalue weighted by Crippen LogP contribution is -2.36. The van der Waals surface area contributed by atoms with Crippen LogP contribution < -0.4 is 21.9 Å². The Morgan fingerprint density at radius 1 is 1.12 bits per heavy atom. The zero-order valence-corrected chi connectivity index (χ0v) is 19.4. The van der Waals surface area contributed by atoms with Crippen LogP contribution in [0.3, 0.4) is 0 Å². The second-order valence-electron chi connectivity index (χ2n) is 9.25. The Balaban J connectivity index is 1.87. The third kappa shape index (κ3) is 4.29. The molecule has 1 saturated carbocycles. The second kappa shape index (κ2) is 8.84. The molecule has 2 amide bonds. The highest BCUT2D eigenvalue weighted by molar-refractivity contribution is 5.98. The molecular weight excluding hydrogens is 424 g/mol. The largest absolute Gasteiger partial charge is 0.352 e. The first-order valence-corrected chi connectivity index (χ1v) is 11.5. The van der Waals surface area contributed by atoms with E-state index < -0.39 is 5.69 Å². The second-order valence-corrected chi connectivity index (χ2v) is 9.25. The number of hydrogen-bond donors (Lipinski definition) is 2. The van der Waals surface area contributed by atoms with Gasteiger partial charge >= 0.3 is 5.69 Å². The predicted molar refractivity (Wildman–Crippen MR) is 125 cm³/mol. The van der Waals surface area contributed by atoms with Crippen molar-refractivity contribution in [2.24, 2.45) is 0 Å². The van der Waals surface area contributed by atoms with E-state index in [-0.39, 0.29) is 47.8 Å². The van der Waals surface area contributed by atoms with E-state index in [1.807, 2.05) is 27.7 Å². The molecule has 0 unspecified atom stereocenters. The normalized spacial score (nSPS) is 14.6. The number of nitrogens with zero attached hydrogens (tertiary/aromatic N) is 4. The lowest BCUT2D eigenvalue weighted by molar-refractivity contribution is -0.122. The molecule has 1 aromatic carbocycles.